The lowest BCUT2D eigenvalue weighted by Crippen LogP contribution is -2.43. The minimum Gasteiger partial charge on any atom is -0.382 e. The van der Waals surface area contributed by atoms with Gasteiger partial charge in [0.05, 0.1) is 25.0 Å². The van der Waals surface area contributed by atoms with Gasteiger partial charge in [-0.3, -0.25) is 4.79 Å². The predicted molar refractivity (Wildman–Crippen MR) is 152 cm³/mol. The van der Waals surface area contributed by atoms with Crippen LogP contribution >= 0.6 is 23.4 Å². The molecule has 12 heteroatoms. The largest absolute Gasteiger partial charge is 0.382 e. The summed E-state index contributed by atoms with van der Waals surface area (Å²) in [6.07, 6.45) is 2.05. The van der Waals surface area contributed by atoms with Gasteiger partial charge in [-0.15, -0.1) is 11.8 Å². The number of thioether (sulfide) groups is 1. The van der Waals surface area contributed by atoms with Gasteiger partial charge in [0.15, 0.2) is 6.29 Å². The Labute approximate surface area is 244 Å². The molecule has 1 aromatic heterocycles. The molecule has 4 aromatic rings. The third-order valence-corrected chi connectivity index (χ3v) is 8.43. The van der Waals surface area contributed by atoms with Gasteiger partial charge >= 0.3 is 0 Å². The summed E-state index contributed by atoms with van der Waals surface area (Å²) in [7, 11) is 0. The maximum atomic E-state index is 14.8. The van der Waals surface area contributed by atoms with Crippen molar-refractivity contribution in [2.45, 2.75) is 35.9 Å². The van der Waals surface area contributed by atoms with Crippen molar-refractivity contribution in [1.29, 1.82) is 0 Å². The number of hydrogen-bond donors (Lipinski definition) is 2. The second kappa shape index (κ2) is 12.7. The Morgan fingerprint density at radius 3 is 2.61 bits per heavy atom. The van der Waals surface area contributed by atoms with Crippen molar-refractivity contribution in [3.05, 3.63) is 113 Å². The first-order chi connectivity index (χ1) is 19.7. The third kappa shape index (κ3) is 6.94. The molecule has 0 saturated carbocycles. The number of aromatic nitrogens is 3. The van der Waals surface area contributed by atoms with E-state index in [2.05, 4.69) is 15.4 Å². The van der Waals surface area contributed by atoms with E-state index in [9.17, 15) is 18.7 Å². The van der Waals surface area contributed by atoms with Crippen LogP contribution < -0.4 is 5.32 Å². The molecule has 1 aliphatic heterocycles. The lowest BCUT2D eigenvalue weighted by atomic mass is 9.90. The van der Waals surface area contributed by atoms with Gasteiger partial charge in [0.25, 0.3) is 5.91 Å². The van der Waals surface area contributed by atoms with Crippen LogP contribution in [0.5, 0.6) is 0 Å². The van der Waals surface area contributed by atoms with Gasteiger partial charge in [-0.1, -0.05) is 36.7 Å². The van der Waals surface area contributed by atoms with Crippen LogP contribution in [0.3, 0.4) is 0 Å². The van der Waals surface area contributed by atoms with E-state index in [4.69, 9.17) is 21.1 Å². The molecule has 1 aliphatic rings. The zero-order valence-electron chi connectivity index (χ0n) is 21.9. The first-order valence-electron chi connectivity index (χ1n) is 12.8. The van der Waals surface area contributed by atoms with Crippen LogP contribution in [0, 0.1) is 11.6 Å². The summed E-state index contributed by atoms with van der Waals surface area (Å²) in [4.78, 5) is 16.7. The molecule has 3 aromatic carbocycles. The van der Waals surface area contributed by atoms with E-state index in [0.29, 0.717) is 21.8 Å². The van der Waals surface area contributed by atoms with Gasteiger partial charge in [-0.2, -0.15) is 5.10 Å². The number of anilines is 1. The van der Waals surface area contributed by atoms with E-state index in [-0.39, 0.29) is 36.5 Å². The highest BCUT2D eigenvalue weighted by Gasteiger charge is 2.41. The molecular weight excluding hydrogens is 574 g/mol. The summed E-state index contributed by atoms with van der Waals surface area (Å²) in [6.45, 7) is 2.24. The number of halogens is 3. The van der Waals surface area contributed by atoms with Crippen LogP contribution in [0.1, 0.15) is 34.7 Å². The maximum Gasteiger partial charge on any atom is 0.255 e. The second-order valence-corrected chi connectivity index (χ2v) is 11.7. The Morgan fingerprint density at radius 1 is 1.17 bits per heavy atom. The highest BCUT2D eigenvalue weighted by atomic mass is 35.5. The van der Waals surface area contributed by atoms with E-state index >= 15 is 0 Å². The van der Waals surface area contributed by atoms with E-state index in [1.165, 1.54) is 35.2 Å². The van der Waals surface area contributed by atoms with E-state index in [0.717, 1.165) is 12.1 Å². The van der Waals surface area contributed by atoms with Crippen LogP contribution in [-0.4, -0.2) is 49.5 Å². The fourth-order valence-corrected chi connectivity index (χ4v) is 6.00. The maximum absolute atomic E-state index is 14.8. The van der Waals surface area contributed by atoms with Crippen molar-refractivity contribution in [2.75, 3.05) is 18.5 Å². The van der Waals surface area contributed by atoms with Crippen molar-refractivity contribution in [2.24, 2.45) is 0 Å². The van der Waals surface area contributed by atoms with E-state index in [1.54, 1.807) is 49.4 Å². The van der Waals surface area contributed by atoms with E-state index < -0.39 is 28.8 Å². The molecule has 8 nitrogen and oxygen atoms in total. The molecule has 2 N–H and O–H groups in total. The highest BCUT2D eigenvalue weighted by Crippen LogP contribution is 2.39. The number of amides is 1. The molecule has 0 unspecified atom stereocenters. The molecule has 41 heavy (non-hydrogen) atoms. The molecule has 0 radical (unpaired) electrons. The minimum absolute atomic E-state index is 0.0429. The fraction of sp³-hybridized carbons (Fsp3) is 0.276. The quantitative estimate of drug-likeness (QED) is 0.259. The molecule has 1 amide bonds. The number of hydrogen-bond acceptors (Lipinski definition) is 7. The van der Waals surface area contributed by atoms with Gasteiger partial charge in [-0.05, 0) is 42.5 Å². The van der Waals surface area contributed by atoms with Crippen LogP contribution in [0.15, 0.2) is 79.4 Å². The number of ether oxygens (including phenoxy) is 2. The Bertz CT molecular complexity index is 1490. The second-order valence-electron chi connectivity index (χ2n) is 9.63. The number of carbonyl (C=O) groups is 1. The van der Waals surface area contributed by atoms with Gasteiger partial charge in [-0.25, -0.2) is 18.4 Å². The van der Waals surface area contributed by atoms with Crippen molar-refractivity contribution >= 4 is 35.0 Å². The number of nitrogens with one attached hydrogen (secondary N) is 1. The highest BCUT2D eigenvalue weighted by molar-refractivity contribution is 8.00. The summed E-state index contributed by atoms with van der Waals surface area (Å²) in [5, 5.41) is 18.5. The Hall–Kier alpha value is -3.35. The lowest BCUT2D eigenvalue weighted by Gasteiger charge is -2.37. The third-order valence-electron chi connectivity index (χ3n) is 6.73. The van der Waals surface area contributed by atoms with Crippen molar-refractivity contribution in [1.82, 2.24) is 14.8 Å². The molecule has 0 spiro atoms. The summed E-state index contributed by atoms with van der Waals surface area (Å²) in [5.74, 6) is -1.87. The molecule has 2 heterocycles. The van der Waals surface area contributed by atoms with Crippen molar-refractivity contribution in [3.63, 3.8) is 0 Å². The van der Waals surface area contributed by atoms with Gasteiger partial charge < -0.3 is 19.9 Å². The van der Waals surface area contributed by atoms with Gasteiger partial charge in [0.1, 0.15) is 29.9 Å². The Morgan fingerprint density at radius 2 is 1.93 bits per heavy atom. The Kier molecular flexibility index (Phi) is 9.00. The molecule has 1 saturated heterocycles. The molecule has 1 fully saturated rings. The van der Waals surface area contributed by atoms with Crippen molar-refractivity contribution < 1.29 is 28.2 Å². The topological polar surface area (TPSA) is 98.5 Å². The average Bonchev–Trinajstić information content (AvgIpc) is 3.47. The molecule has 0 bridgehead atoms. The predicted octanol–water partition coefficient (Wildman–Crippen LogP) is 5.59. The Balaban J connectivity index is 1.23. The smallest absolute Gasteiger partial charge is 0.255 e. The summed E-state index contributed by atoms with van der Waals surface area (Å²) in [6, 6.07) is 16.9. The molecule has 214 valence electrons. The fourth-order valence-electron chi connectivity index (χ4n) is 4.56. The first kappa shape index (κ1) is 29.2. The molecule has 0 aliphatic carbocycles. The summed E-state index contributed by atoms with van der Waals surface area (Å²) < 4.78 is 41.8. The monoisotopic (exact) mass is 600 g/mol. The lowest BCUT2D eigenvalue weighted by molar-refractivity contribution is -0.180. The number of nitrogens with zero attached hydrogens (tertiary/aromatic N) is 3. The van der Waals surface area contributed by atoms with Gasteiger partial charge in [0, 0.05) is 38.7 Å². The number of aliphatic hydroxyl groups is 1. The van der Waals surface area contributed by atoms with Crippen LogP contribution in [0.25, 0.3) is 0 Å². The zero-order chi connectivity index (χ0) is 29.0. The van der Waals surface area contributed by atoms with Crippen molar-refractivity contribution in [3.8, 4) is 0 Å². The number of benzene rings is 3. The number of carbonyl (C=O) groups excluding carboxylic acids is 1. The molecule has 5 rings (SSSR count). The van der Waals surface area contributed by atoms with Gasteiger partial charge in [0.2, 0.25) is 0 Å². The van der Waals surface area contributed by atoms with Crippen LogP contribution in [0.4, 0.5) is 14.5 Å². The van der Waals surface area contributed by atoms with Crippen LogP contribution in [0.2, 0.25) is 5.02 Å². The van der Waals surface area contributed by atoms with E-state index in [1.807, 2.05) is 6.07 Å². The SMILES string of the molecule is C[C@@H](S[C@H]1CO[C@H](c2cccc(C(=O)Nc3ccc(Cl)cc3)c2)OC1)[C@](O)(Cn1cncn1)c1ccc(F)cc1F. The normalized spacial score (nSPS) is 19.3. The zero-order valence-corrected chi connectivity index (χ0v) is 23.5. The average molecular weight is 601 g/mol. The summed E-state index contributed by atoms with van der Waals surface area (Å²) in [5.41, 5.74) is -0.0406. The standard InChI is InChI=1S/C29H27ClF2N4O4S/c1-18(29(38,15-36-17-33-16-34-36)25-10-7-22(31)12-26(25)32)41-24-13-39-28(40-14-24)20-4-2-3-19(11-20)27(37)35-23-8-5-21(30)6-9-23/h2-12,16-18,24,28,38H,13-15H2,1H3,(H,35,37)/t18-,24-,28-,29-/m1/s1. The summed E-state index contributed by atoms with van der Waals surface area (Å²) >= 11 is 7.28. The minimum atomic E-state index is -1.74. The molecular formula is C29H27ClF2N4O4S. The number of rotatable bonds is 9. The van der Waals surface area contributed by atoms with Crippen LogP contribution in [-0.2, 0) is 21.6 Å². The molecule has 2 atom stereocenters. The first-order valence-corrected chi connectivity index (χ1v) is 14.1.